The smallest absolute Gasteiger partial charge is 0.157 e. The molecule has 0 aliphatic heterocycles. The summed E-state index contributed by atoms with van der Waals surface area (Å²) in [5, 5.41) is 0.744. The Morgan fingerprint density at radius 3 is 2.37 bits per heavy atom. The topological polar surface area (TPSA) is 30.8 Å². The van der Waals surface area contributed by atoms with Crippen LogP contribution in [0.1, 0.15) is 32.3 Å². The average molecular weight is 284 g/mol. The molecule has 1 aromatic rings. The zero-order chi connectivity index (χ0) is 13.9. The van der Waals surface area contributed by atoms with Crippen LogP contribution in [0.25, 0.3) is 0 Å². The highest BCUT2D eigenvalue weighted by molar-refractivity contribution is 6.30. The van der Waals surface area contributed by atoms with Crippen molar-refractivity contribution in [3.63, 3.8) is 0 Å². The van der Waals surface area contributed by atoms with Gasteiger partial charge in [-0.1, -0.05) is 23.7 Å². The molecule has 0 radical (unpaired) electrons. The lowest BCUT2D eigenvalue weighted by molar-refractivity contribution is -0.139. The molecule has 4 heteroatoms. The van der Waals surface area contributed by atoms with Crippen molar-refractivity contribution in [2.24, 2.45) is 4.99 Å². The van der Waals surface area contributed by atoms with Crippen LogP contribution >= 0.6 is 11.6 Å². The number of rotatable bonds is 9. The molecule has 0 aromatic heterocycles. The predicted octanol–water partition coefficient (Wildman–Crippen LogP) is 3.94. The van der Waals surface area contributed by atoms with Gasteiger partial charge in [0.05, 0.1) is 0 Å². The summed E-state index contributed by atoms with van der Waals surface area (Å²) in [5.74, 6) is 0. The molecular weight excluding hydrogens is 262 g/mol. The minimum Gasteiger partial charge on any atom is -0.353 e. The number of hydrogen-bond donors (Lipinski definition) is 0. The number of halogens is 1. The van der Waals surface area contributed by atoms with Gasteiger partial charge >= 0.3 is 0 Å². The summed E-state index contributed by atoms with van der Waals surface area (Å²) in [6.45, 7) is 6.09. The molecule has 0 amide bonds. The molecule has 0 N–H and O–H groups in total. The van der Waals surface area contributed by atoms with Crippen LogP contribution in [-0.4, -0.2) is 32.3 Å². The van der Waals surface area contributed by atoms with E-state index in [1.165, 1.54) is 0 Å². The van der Waals surface area contributed by atoms with Crippen molar-refractivity contribution in [2.45, 2.75) is 33.0 Å². The standard InChI is InChI=1S/C15H22ClNO2/c1-3-18-15(19-4-2)6-5-11-17-12-13-7-9-14(16)10-8-13/h7-10,12,15H,3-6,11H2,1-2H3. The molecule has 0 heterocycles. The molecule has 0 unspecified atom stereocenters. The Morgan fingerprint density at radius 1 is 1.16 bits per heavy atom. The molecule has 19 heavy (non-hydrogen) atoms. The molecule has 1 rings (SSSR count). The van der Waals surface area contributed by atoms with Crippen LogP contribution in [0.4, 0.5) is 0 Å². The molecule has 0 fully saturated rings. The third kappa shape index (κ3) is 7.31. The Hall–Kier alpha value is -0.900. The summed E-state index contributed by atoms with van der Waals surface area (Å²) < 4.78 is 10.9. The van der Waals surface area contributed by atoms with Crippen molar-refractivity contribution >= 4 is 17.8 Å². The van der Waals surface area contributed by atoms with Crippen LogP contribution in [0.3, 0.4) is 0 Å². The molecule has 0 atom stereocenters. The van der Waals surface area contributed by atoms with Gasteiger partial charge in [-0.15, -0.1) is 0 Å². The fourth-order valence-electron chi connectivity index (χ4n) is 1.65. The van der Waals surface area contributed by atoms with Crippen molar-refractivity contribution in [1.82, 2.24) is 0 Å². The molecule has 0 bridgehead atoms. The SMILES string of the molecule is CCOC(CCCN=Cc1ccc(Cl)cc1)OCC. The van der Waals surface area contributed by atoms with Gasteiger partial charge < -0.3 is 9.47 Å². The third-order valence-electron chi connectivity index (χ3n) is 2.54. The number of ether oxygens (including phenoxy) is 2. The van der Waals surface area contributed by atoms with E-state index in [4.69, 9.17) is 21.1 Å². The monoisotopic (exact) mass is 283 g/mol. The average Bonchev–Trinajstić information content (AvgIpc) is 2.41. The Bertz CT molecular complexity index is 359. The van der Waals surface area contributed by atoms with Crippen molar-refractivity contribution in [1.29, 1.82) is 0 Å². The van der Waals surface area contributed by atoms with Crippen LogP contribution in [0.2, 0.25) is 5.02 Å². The van der Waals surface area contributed by atoms with Crippen LogP contribution in [-0.2, 0) is 9.47 Å². The predicted molar refractivity (Wildman–Crippen MR) is 80.2 cm³/mol. The van der Waals surface area contributed by atoms with Crippen molar-refractivity contribution in [3.8, 4) is 0 Å². The maximum Gasteiger partial charge on any atom is 0.157 e. The second-order valence-electron chi connectivity index (χ2n) is 4.07. The van der Waals surface area contributed by atoms with Crippen LogP contribution in [0, 0.1) is 0 Å². The highest BCUT2D eigenvalue weighted by Gasteiger charge is 2.06. The molecule has 0 saturated heterocycles. The van der Waals surface area contributed by atoms with Gasteiger partial charge in [0.15, 0.2) is 6.29 Å². The van der Waals surface area contributed by atoms with E-state index in [0.717, 1.165) is 30.0 Å². The van der Waals surface area contributed by atoms with Gasteiger partial charge in [-0.05, 0) is 38.0 Å². The maximum atomic E-state index is 5.82. The zero-order valence-corrected chi connectivity index (χ0v) is 12.4. The molecule has 0 spiro atoms. The van der Waals surface area contributed by atoms with Gasteiger partial charge in [-0.3, -0.25) is 4.99 Å². The fraction of sp³-hybridized carbons (Fsp3) is 0.533. The van der Waals surface area contributed by atoms with Crippen molar-refractivity contribution < 1.29 is 9.47 Å². The highest BCUT2D eigenvalue weighted by atomic mass is 35.5. The number of benzene rings is 1. The number of hydrogen-bond acceptors (Lipinski definition) is 3. The highest BCUT2D eigenvalue weighted by Crippen LogP contribution is 2.08. The lowest BCUT2D eigenvalue weighted by atomic mass is 10.2. The molecule has 0 aliphatic carbocycles. The molecular formula is C15H22ClNO2. The normalized spacial score (nSPS) is 11.6. The quantitative estimate of drug-likeness (QED) is 0.390. The second kappa shape index (κ2) is 9.96. The second-order valence-corrected chi connectivity index (χ2v) is 4.51. The van der Waals surface area contributed by atoms with Crippen molar-refractivity contribution in [3.05, 3.63) is 34.9 Å². The Morgan fingerprint density at radius 2 is 1.79 bits per heavy atom. The largest absolute Gasteiger partial charge is 0.353 e. The summed E-state index contributed by atoms with van der Waals surface area (Å²) in [6, 6.07) is 7.64. The number of nitrogens with zero attached hydrogens (tertiary/aromatic N) is 1. The van der Waals surface area contributed by atoms with Crippen molar-refractivity contribution in [2.75, 3.05) is 19.8 Å². The summed E-state index contributed by atoms with van der Waals surface area (Å²) in [4.78, 5) is 4.38. The summed E-state index contributed by atoms with van der Waals surface area (Å²) in [7, 11) is 0. The Kier molecular flexibility index (Phi) is 8.47. The molecule has 3 nitrogen and oxygen atoms in total. The van der Waals surface area contributed by atoms with Gasteiger partial charge in [0.2, 0.25) is 0 Å². The van der Waals surface area contributed by atoms with Crippen LogP contribution < -0.4 is 0 Å². The lowest BCUT2D eigenvalue weighted by Crippen LogP contribution is -2.17. The summed E-state index contributed by atoms with van der Waals surface area (Å²) in [6.07, 6.45) is 3.60. The first-order chi connectivity index (χ1) is 9.26. The van der Waals surface area contributed by atoms with E-state index in [2.05, 4.69) is 4.99 Å². The fourth-order valence-corrected chi connectivity index (χ4v) is 1.78. The van der Waals surface area contributed by atoms with E-state index < -0.39 is 0 Å². The lowest BCUT2D eigenvalue weighted by Gasteiger charge is -2.15. The first-order valence-corrected chi connectivity index (χ1v) is 7.12. The number of aliphatic imine (C=N–C) groups is 1. The van der Waals surface area contributed by atoms with Crippen LogP contribution in [0.15, 0.2) is 29.3 Å². The van der Waals surface area contributed by atoms with E-state index in [9.17, 15) is 0 Å². The van der Waals surface area contributed by atoms with E-state index in [0.29, 0.717) is 13.2 Å². The van der Waals surface area contributed by atoms with E-state index in [-0.39, 0.29) is 6.29 Å². The Labute approximate surface area is 120 Å². The molecule has 0 aliphatic rings. The summed E-state index contributed by atoms with van der Waals surface area (Å²) in [5.41, 5.74) is 1.07. The summed E-state index contributed by atoms with van der Waals surface area (Å²) >= 11 is 5.82. The third-order valence-corrected chi connectivity index (χ3v) is 2.79. The molecule has 1 aromatic carbocycles. The van der Waals surface area contributed by atoms with E-state index in [1.807, 2.05) is 44.3 Å². The minimum absolute atomic E-state index is 0.0965. The van der Waals surface area contributed by atoms with Crippen LogP contribution in [0.5, 0.6) is 0 Å². The molecule has 0 saturated carbocycles. The maximum absolute atomic E-state index is 5.82. The van der Waals surface area contributed by atoms with E-state index in [1.54, 1.807) is 0 Å². The zero-order valence-electron chi connectivity index (χ0n) is 11.6. The Balaban J connectivity index is 2.23. The van der Waals surface area contributed by atoms with E-state index >= 15 is 0 Å². The van der Waals surface area contributed by atoms with Gasteiger partial charge in [-0.25, -0.2) is 0 Å². The first-order valence-electron chi connectivity index (χ1n) is 6.74. The van der Waals surface area contributed by atoms with Gasteiger partial charge in [0.25, 0.3) is 0 Å². The van der Waals surface area contributed by atoms with Gasteiger partial charge in [0, 0.05) is 37.4 Å². The van der Waals surface area contributed by atoms with Gasteiger partial charge in [0.1, 0.15) is 0 Å². The first kappa shape index (κ1) is 16.2. The van der Waals surface area contributed by atoms with Gasteiger partial charge in [-0.2, -0.15) is 0 Å². The minimum atomic E-state index is -0.0965. The molecule has 106 valence electrons.